The first kappa shape index (κ1) is 13.5. The van der Waals surface area contributed by atoms with Gasteiger partial charge in [0.05, 0.1) is 24.5 Å². The molecule has 1 aromatic carbocycles. The minimum atomic E-state index is -0.338. The summed E-state index contributed by atoms with van der Waals surface area (Å²) in [6.07, 6.45) is 2.05. The van der Waals surface area contributed by atoms with Crippen molar-refractivity contribution in [3.63, 3.8) is 0 Å². The average Bonchev–Trinajstić information content (AvgIpc) is 2.35. The van der Waals surface area contributed by atoms with E-state index in [-0.39, 0.29) is 5.97 Å². The monoisotopic (exact) mass is 237 g/mol. The number of hydrogen-bond acceptors (Lipinski definition) is 4. The normalized spacial score (nSPS) is 10.0. The summed E-state index contributed by atoms with van der Waals surface area (Å²) in [5, 5.41) is 0. The summed E-state index contributed by atoms with van der Waals surface area (Å²) in [7, 11) is 0. The smallest absolute Gasteiger partial charge is 0.340 e. The molecule has 4 nitrogen and oxygen atoms in total. The molecule has 1 N–H and O–H groups in total. The van der Waals surface area contributed by atoms with Crippen LogP contribution in [-0.4, -0.2) is 19.2 Å². The van der Waals surface area contributed by atoms with E-state index in [0.717, 1.165) is 12.8 Å². The van der Waals surface area contributed by atoms with Crippen LogP contribution in [0, 0.1) is 0 Å². The lowest BCUT2D eigenvalue weighted by Crippen LogP contribution is -2.10. The molecule has 0 aliphatic carbocycles. The van der Waals surface area contributed by atoms with Gasteiger partial charge in [0, 0.05) is 0 Å². The molecule has 94 valence electrons. The van der Waals surface area contributed by atoms with Gasteiger partial charge in [-0.05, 0) is 25.5 Å². The molecule has 0 aromatic heterocycles. The Labute approximate surface area is 102 Å². The highest BCUT2D eigenvalue weighted by Gasteiger charge is 2.11. The Bertz CT molecular complexity index is 352. The number of carbonyl (C=O) groups is 1. The van der Waals surface area contributed by atoms with Crippen LogP contribution in [0.2, 0.25) is 0 Å². The number of para-hydroxylation sites is 1. The zero-order chi connectivity index (χ0) is 12.5. The van der Waals surface area contributed by atoms with E-state index in [1.165, 1.54) is 0 Å². The number of unbranched alkanes of at least 4 members (excludes halogenated alkanes) is 1. The Morgan fingerprint density at radius 3 is 2.76 bits per heavy atom. The van der Waals surface area contributed by atoms with E-state index < -0.39 is 0 Å². The molecule has 0 fully saturated rings. The fourth-order valence-electron chi connectivity index (χ4n) is 1.30. The number of rotatable bonds is 7. The summed E-state index contributed by atoms with van der Waals surface area (Å²) >= 11 is 0. The predicted molar refractivity (Wildman–Crippen MR) is 66.9 cm³/mol. The zero-order valence-corrected chi connectivity index (χ0v) is 10.4. The van der Waals surface area contributed by atoms with Gasteiger partial charge in [0.25, 0.3) is 0 Å². The molecular weight excluding hydrogens is 218 g/mol. The van der Waals surface area contributed by atoms with E-state index in [4.69, 9.17) is 9.57 Å². The van der Waals surface area contributed by atoms with Crippen LogP contribution in [0.25, 0.3) is 0 Å². The van der Waals surface area contributed by atoms with Crippen LogP contribution in [0.15, 0.2) is 24.3 Å². The molecule has 0 radical (unpaired) electrons. The number of hydrogen-bond donors (Lipinski definition) is 1. The Balaban J connectivity index is 2.61. The van der Waals surface area contributed by atoms with E-state index in [2.05, 4.69) is 12.4 Å². The number of benzene rings is 1. The Morgan fingerprint density at radius 1 is 1.29 bits per heavy atom. The van der Waals surface area contributed by atoms with Gasteiger partial charge in [0.15, 0.2) is 0 Å². The second-order valence-electron chi connectivity index (χ2n) is 3.57. The minimum absolute atomic E-state index is 0.338. The first-order chi connectivity index (χ1) is 8.29. The molecule has 0 aliphatic heterocycles. The van der Waals surface area contributed by atoms with E-state index >= 15 is 0 Å². The van der Waals surface area contributed by atoms with Crippen LogP contribution in [0.5, 0.6) is 0 Å². The van der Waals surface area contributed by atoms with Crippen molar-refractivity contribution in [3.8, 4) is 0 Å². The first-order valence-corrected chi connectivity index (χ1v) is 5.93. The molecule has 0 heterocycles. The molecule has 1 rings (SSSR count). The molecular formula is C13H19NO3. The van der Waals surface area contributed by atoms with Gasteiger partial charge in [-0.2, -0.15) is 0 Å². The topological polar surface area (TPSA) is 47.6 Å². The van der Waals surface area contributed by atoms with Gasteiger partial charge in [0.1, 0.15) is 0 Å². The third-order valence-corrected chi connectivity index (χ3v) is 2.20. The van der Waals surface area contributed by atoms with Crippen molar-refractivity contribution in [1.82, 2.24) is 0 Å². The van der Waals surface area contributed by atoms with Gasteiger partial charge in [-0.25, -0.2) is 4.79 Å². The maximum Gasteiger partial charge on any atom is 0.340 e. The summed E-state index contributed by atoms with van der Waals surface area (Å²) in [5.74, 6) is -0.338. The summed E-state index contributed by atoms with van der Waals surface area (Å²) in [6, 6.07) is 7.14. The van der Waals surface area contributed by atoms with Crippen molar-refractivity contribution < 1.29 is 14.4 Å². The van der Waals surface area contributed by atoms with Crippen molar-refractivity contribution in [2.45, 2.75) is 26.7 Å². The molecule has 1 aromatic rings. The fraction of sp³-hybridized carbons (Fsp3) is 0.462. The Kier molecular flexibility index (Phi) is 6.10. The molecule has 17 heavy (non-hydrogen) atoms. The molecule has 0 saturated carbocycles. The quantitative estimate of drug-likeness (QED) is 0.450. The second kappa shape index (κ2) is 7.68. The lowest BCUT2D eigenvalue weighted by atomic mass is 10.2. The van der Waals surface area contributed by atoms with Crippen LogP contribution < -0.4 is 5.48 Å². The summed E-state index contributed by atoms with van der Waals surface area (Å²) < 4.78 is 4.96. The summed E-state index contributed by atoms with van der Waals surface area (Å²) in [4.78, 5) is 16.9. The molecule has 0 amide bonds. The molecule has 0 atom stereocenters. The maximum absolute atomic E-state index is 11.6. The summed E-state index contributed by atoms with van der Waals surface area (Å²) in [6.45, 7) is 4.86. The largest absolute Gasteiger partial charge is 0.462 e. The standard InChI is InChI=1S/C13H19NO3/c1-3-5-10-17-14-12-9-7-6-8-11(12)13(15)16-4-2/h6-9,14H,3-5,10H2,1-2H3. The van der Waals surface area contributed by atoms with Crippen molar-refractivity contribution in [2.24, 2.45) is 0 Å². The van der Waals surface area contributed by atoms with Gasteiger partial charge < -0.3 is 4.74 Å². The lowest BCUT2D eigenvalue weighted by molar-refractivity contribution is 0.0526. The Hall–Kier alpha value is -1.55. The maximum atomic E-state index is 11.6. The second-order valence-corrected chi connectivity index (χ2v) is 3.57. The van der Waals surface area contributed by atoms with E-state index in [9.17, 15) is 4.79 Å². The predicted octanol–water partition coefficient (Wildman–Crippen LogP) is 3.01. The molecule has 0 bridgehead atoms. The molecule has 4 heteroatoms. The van der Waals surface area contributed by atoms with E-state index in [1.54, 1.807) is 25.1 Å². The number of esters is 1. The third-order valence-electron chi connectivity index (χ3n) is 2.20. The SMILES string of the molecule is CCCCONc1ccccc1C(=O)OCC. The van der Waals surface area contributed by atoms with E-state index in [1.807, 2.05) is 6.07 Å². The first-order valence-electron chi connectivity index (χ1n) is 5.93. The Morgan fingerprint density at radius 2 is 2.06 bits per heavy atom. The average molecular weight is 237 g/mol. The number of nitrogens with one attached hydrogen (secondary N) is 1. The highest BCUT2D eigenvalue weighted by Crippen LogP contribution is 2.16. The van der Waals surface area contributed by atoms with Gasteiger partial charge >= 0.3 is 5.97 Å². The fourth-order valence-corrected chi connectivity index (χ4v) is 1.30. The highest BCUT2D eigenvalue weighted by atomic mass is 16.6. The molecule has 0 aliphatic rings. The zero-order valence-electron chi connectivity index (χ0n) is 10.4. The van der Waals surface area contributed by atoms with Crippen LogP contribution in [-0.2, 0) is 9.57 Å². The van der Waals surface area contributed by atoms with Crippen molar-refractivity contribution in [1.29, 1.82) is 0 Å². The lowest BCUT2D eigenvalue weighted by Gasteiger charge is -2.10. The van der Waals surface area contributed by atoms with Gasteiger partial charge in [0.2, 0.25) is 0 Å². The molecule has 0 saturated heterocycles. The third kappa shape index (κ3) is 4.44. The van der Waals surface area contributed by atoms with Crippen molar-refractivity contribution >= 4 is 11.7 Å². The van der Waals surface area contributed by atoms with Crippen LogP contribution in [0.4, 0.5) is 5.69 Å². The van der Waals surface area contributed by atoms with Crippen LogP contribution in [0.3, 0.4) is 0 Å². The van der Waals surface area contributed by atoms with Crippen molar-refractivity contribution in [2.75, 3.05) is 18.7 Å². The number of ether oxygens (including phenoxy) is 1. The van der Waals surface area contributed by atoms with Crippen molar-refractivity contribution in [3.05, 3.63) is 29.8 Å². The summed E-state index contributed by atoms with van der Waals surface area (Å²) in [5.41, 5.74) is 3.92. The van der Waals surface area contributed by atoms with Gasteiger partial charge in [-0.1, -0.05) is 25.5 Å². The van der Waals surface area contributed by atoms with Gasteiger partial charge in [-0.3, -0.25) is 10.3 Å². The highest BCUT2D eigenvalue weighted by molar-refractivity contribution is 5.95. The molecule has 0 unspecified atom stereocenters. The van der Waals surface area contributed by atoms with E-state index in [0.29, 0.717) is 24.5 Å². The minimum Gasteiger partial charge on any atom is -0.462 e. The van der Waals surface area contributed by atoms with Crippen LogP contribution >= 0.6 is 0 Å². The van der Waals surface area contributed by atoms with Gasteiger partial charge in [-0.15, -0.1) is 0 Å². The number of carbonyl (C=O) groups excluding carboxylic acids is 1. The molecule has 0 spiro atoms. The van der Waals surface area contributed by atoms with Crippen LogP contribution in [0.1, 0.15) is 37.0 Å². The number of anilines is 1.